The van der Waals surface area contributed by atoms with E-state index < -0.39 is 46.3 Å². The molecule has 3 heterocycles. The molecule has 1 aliphatic heterocycles. The van der Waals surface area contributed by atoms with Crippen LogP contribution in [0.25, 0.3) is 10.9 Å². The Labute approximate surface area is 187 Å². The van der Waals surface area contributed by atoms with Gasteiger partial charge in [0.05, 0.1) is 24.4 Å². The third-order valence-electron chi connectivity index (χ3n) is 5.96. The van der Waals surface area contributed by atoms with Crippen LogP contribution in [0.5, 0.6) is 0 Å². The monoisotopic (exact) mass is 492 g/mol. The van der Waals surface area contributed by atoms with E-state index >= 15 is 0 Å². The lowest BCUT2D eigenvalue weighted by Gasteiger charge is -2.34. The largest absolute Gasteiger partial charge is 0.390 e. The van der Waals surface area contributed by atoms with Gasteiger partial charge in [0.2, 0.25) is 16.0 Å². The zero-order valence-electron chi connectivity index (χ0n) is 17.7. The molecule has 0 bridgehead atoms. The minimum absolute atomic E-state index is 0.0344. The van der Waals surface area contributed by atoms with Gasteiger partial charge in [0, 0.05) is 31.1 Å². The Morgan fingerprint density at radius 1 is 1.24 bits per heavy atom. The summed E-state index contributed by atoms with van der Waals surface area (Å²) in [6.07, 6.45) is -1.19. The van der Waals surface area contributed by atoms with Gasteiger partial charge in [0.25, 0.3) is 12.3 Å². The molecule has 0 amide bonds. The highest BCUT2D eigenvalue weighted by molar-refractivity contribution is 7.88. The molecule has 14 heteroatoms. The van der Waals surface area contributed by atoms with Crippen molar-refractivity contribution in [3.63, 3.8) is 0 Å². The van der Waals surface area contributed by atoms with Crippen molar-refractivity contribution in [1.29, 1.82) is 0 Å². The van der Waals surface area contributed by atoms with Crippen molar-refractivity contribution in [2.45, 2.75) is 56.2 Å². The zero-order valence-corrected chi connectivity index (χ0v) is 18.5. The Hall–Kier alpha value is -2.32. The number of fused-ring (bicyclic) bond motifs is 1. The second-order valence-corrected chi connectivity index (χ2v) is 10.4. The van der Waals surface area contributed by atoms with Crippen LogP contribution < -0.4 is 10.6 Å². The minimum atomic E-state index is -3.45. The van der Waals surface area contributed by atoms with Gasteiger partial charge in [-0.3, -0.25) is 0 Å². The number of alkyl halides is 4. The maximum absolute atomic E-state index is 14.1. The first-order valence-corrected chi connectivity index (χ1v) is 12.3. The van der Waals surface area contributed by atoms with Crippen LogP contribution in [-0.2, 0) is 10.0 Å². The van der Waals surface area contributed by atoms with Crippen LogP contribution in [0.15, 0.2) is 12.3 Å². The fourth-order valence-electron chi connectivity index (χ4n) is 4.15. The summed E-state index contributed by atoms with van der Waals surface area (Å²) in [4.78, 5) is 12.2. The van der Waals surface area contributed by atoms with E-state index in [4.69, 9.17) is 0 Å². The van der Waals surface area contributed by atoms with Crippen molar-refractivity contribution in [3.05, 3.63) is 18.0 Å². The average molecular weight is 492 g/mol. The van der Waals surface area contributed by atoms with E-state index in [2.05, 4.69) is 25.6 Å². The molecule has 2 aromatic rings. The van der Waals surface area contributed by atoms with Gasteiger partial charge in [-0.05, 0) is 25.3 Å². The molecule has 1 saturated carbocycles. The summed E-state index contributed by atoms with van der Waals surface area (Å²) in [5, 5.41) is 16.1. The SMILES string of the molecule is CS(=O)(=O)N1CC[C@H](Nc2ncc3cc(C(F)F)nc(NC4CCCC4(F)F)c3n2)[C@@H](O)C1. The molecular weight excluding hydrogens is 468 g/mol. The summed E-state index contributed by atoms with van der Waals surface area (Å²) in [5.74, 6) is -3.15. The van der Waals surface area contributed by atoms with E-state index in [1.165, 1.54) is 6.20 Å². The van der Waals surface area contributed by atoms with Gasteiger partial charge in [0.1, 0.15) is 11.2 Å². The van der Waals surface area contributed by atoms with Gasteiger partial charge in [0.15, 0.2) is 5.82 Å². The molecule has 182 valence electrons. The van der Waals surface area contributed by atoms with Crippen molar-refractivity contribution in [2.75, 3.05) is 30.0 Å². The lowest BCUT2D eigenvalue weighted by Crippen LogP contribution is -2.51. The van der Waals surface area contributed by atoms with Crippen LogP contribution in [0.2, 0.25) is 0 Å². The number of aliphatic hydroxyl groups is 1. The third kappa shape index (κ3) is 5.11. The van der Waals surface area contributed by atoms with Gasteiger partial charge in [-0.2, -0.15) is 4.31 Å². The van der Waals surface area contributed by atoms with Crippen molar-refractivity contribution in [1.82, 2.24) is 19.3 Å². The van der Waals surface area contributed by atoms with E-state index in [0.717, 1.165) is 16.6 Å². The summed E-state index contributed by atoms with van der Waals surface area (Å²) in [6, 6.07) is -0.722. The standard InChI is InChI=1S/C19H24F4N6O3S/c1-33(31,32)29-6-4-11(13(30)9-29)26-18-24-8-10-7-12(16(20)21)25-17(15(10)28-18)27-14-3-2-5-19(14,22)23/h7-8,11,13-14,16,30H,2-6,9H2,1H3,(H,25,27)(H,24,26,28)/t11-,13-,14?/m0/s1. The van der Waals surface area contributed by atoms with Crippen LogP contribution in [0.3, 0.4) is 0 Å². The smallest absolute Gasteiger partial charge is 0.280 e. The van der Waals surface area contributed by atoms with Gasteiger partial charge in [-0.1, -0.05) is 0 Å². The maximum atomic E-state index is 14.1. The first-order chi connectivity index (χ1) is 15.4. The predicted molar refractivity (Wildman–Crippen MR) is 113 cm³/mol. The number of rotatable bonds is 6. The molecule has 1 saturated heterocycles. The van der Waals surface area contributed by atoms with Crippen molar-refractivity contribution >= 4 is 32.7 Å². The number of hydrogen-bond acceptors (Lipinski definition) is 8. The number of hydrogen-bond donors (Lipinski definition) is 3. The Balaban J connectivity index is 1.61. The number of aliphatic hydroxyl groups excluding tert-OH is 1. The average Bonchev–Trinajstić information content (AvgIpc) is 3.06. The van der Waals surface area contributed by atoms with E-state index in [1.807, 2.05) is 0 Å². The summed E-state index contributed by atoms with van der Waals surface area (Å²) < 4.78 is 79.5. The van der Waals surface area contributed by atoms with Crippen LogP contribution in [0, 0.1) is 0 Å². The molecular formula is C19H24F4N6O3S. The van der Waals surface area contributed by atoms with Gasteiger partial charge < -0.3 is 15.7 Å². The van der Waals surface area contributed by atoms with E-state index in [9.17, 15) is 31.1 Å². The maximum Gasteiger partial charge on any atom is 0.280 e. The number of halogens is 4. The number of pyridine rings is 1. The lowest BCUT2D eigenvalue weighted by atomic mass is 10.0. The molecule has 1 aliphatic carbocycles. The van der Waals surface area contributed by atoms with E-state index in [0.29, 0.717) is 6.42 Å². The highest BCUT2D eigenvalue weighted by atomic mass is 32.2. The van der Waals surface area contributed by atoms with Gasteiger partial charge in [-0.15, -0.1) is 0 Å². The minimum Gasteiger partial charge on any atom is -0.390 e. The number of aromatic nitrogens is 3. The molecule has 2 aromatic heterocycles. The second-order valence-electron chi connectivity index (χ2n) is 8.41. The molecule has 9 nitrogen and oxygen atoms in total. The predicted octanol–water partition coefficient (Wildman–Crippen LogP) is 2.37. The second kappa shape index (κ2) is 8.80. The van der Waals surface area contributed by atoms with Crippen LogP contribution in [-0.4, -0.2) is 76.2 Å². The Morgan fingerprint density at radius 3 is 2.61 bits per heavy atom. The fourth-order valence-corrected chi connectivity index (χ4v) is 5.01. The van der Waals surface area contributed by atoms with Crippen LogP contribution in [0.4, 0.5) is 29.3 Å². The van der Waals surface area contributed by atoms with E-state index in [-0.39, 0.29) is 55.0 Å². The number of anilines is 2. The Bertz CT molecular complexity index is 1140. The highest BCUT2D eigenvalue weighted by Crippen LogP contribution is 2.38. The number of nitrogens with one attached hydrogen (secondary N) is 2. The molecule has 0 aromatic carbocycles. The molecule has 1 unspecified atom stereocenters. The quantitative estimate of drug-likeness (QED) is 0.526. The van der Waals surface area contributed by atoms with Gasteiger partial charge in [-0.25, -0.2) is 40.9 Å². The molecule has 3 atom stereocenters. The van der Waals surface area contributed by atoms with Crippen molar-refractivity contribution < 1.29 is 31.1 Å². The molecule has 33 heavy (non-hydrogen) atoms. The van der Waals surface area contributed by atoms with Crippen LogP contribution >= 0.6 is 0 Å². The highest BCUT2D eigenvalue weighted by Gasteiger charge is 2.44. The van der Waals surface area contributed by atoms with E-state index in [1.54, 1.807) is 0 Å². The fraction of sp³-hybridized carbons (Fsp3) is 0.632. The summed E-state index contributed by atoms with van der Waals surface area (Å²) in [6.45, 7) is 0.0803. The molecule has 4 rings (SSSR count). The molecule has 0 spiro atoms. The molecule has 2 aliphatic rings. The first-order valence-electron chi connectivity index (χ1n) is 10.4. The summed E-state index contributed by atoms with van der Waals surface area (Å²) in [7, 11) is -3.45. The third-order valence-corrected chi connectivity index (χ3v) is 7.23. The van der Waals surface area contributed by atoms with Crippen LogP contribution in [0.1, 0.15) is 37.8 Å². The number of β-amino-alcohol motifs (C(OH)–C–C–N with tert-alkyl or cyclic N) is 1. The number of piperidine rings is 1. The normalized spacial score (nSPS) is 26.1. The molecule has 0 radical (unpaired) electrons. The molecule has 2 fully saturated rings. The van der Waals surface area contributed by atoms with Crippen molar-refractivity contribution in [3.8, 4) is 0 Å². The summed E-state index contributed by atoms with van der Waals surface area (Å²) >= 11 is 0. The Morgan fingerprint density at radius 2 is 2.00 bits per heavy atom. The van der Waals surface area contributed by atoms with Crippen molar-refractivity contribution in [2.24, 2.45) is 0 Å². The zero-order chi connectivity index (χ0) is 24.0. The van der Waals surface area contributed by atoms with Gasteiger partial charge >= 0.3 is 0 Å². The number of nitrogens with zero attached hydrogens (tertiary/aromatic N) is 4. The topological polar surface area (TPSA) is 120 Å². The first kappa shape index (κ1) is 23.8. The Kier molecular flexibility index (Phi) is 6.35. The lowest BCUT2D eigenvalue weighted by molar-refractivity contribution is -0.000664. The molecule has 3 N–H and O–H groups in total. The summed E-state index contributed by atoms with van der Waals surface area (Å²) in [5.41, 5.74) is -0.498. The number of sulfonamides is 1.